The molecule has 24 heavy (non-hydrogen) atoms. The molecular weight excluding hydrogens is 346 g/mol. The zero-order chi connectivity index (χ0) is 18.7. The van der Waals surface area contributed by atoms with Gasteiger partial charge in [-0.25, -0.2) is 4.79 Å². The van der Waals surface area contributed by atoms with Gasteiger partial charge in [-0.3, -0.25) is 9.59 Å². The molecule has 0 saturated carbocycles. The smallest absolute Gasteiger partial charge is 0.328 e. The van der Waals surface area contributed by atoms with Crippen molar-refractivity contribution in [2.75, 3.05) is 32.1 Å². The van der Waals surface area contributed by atoms with Crippen molar-refractivity contribution in [2.24, 2.45) is 5.73 Å². The van der Waals surface area contributed by atoms with Crippen LogP contribution in [-0.4, -0.2) is 98.9 Å². The van der Waals surface area contributed by atoms with Gasteiger partial charge in [0.25, 0.3) is 0 Å². The normalized spacial score (nSPS) is 20.0. The lowest BCUT2D eigenvalue weighted by Crippen LogP contribution is -2.51. The highest BCUT2D eigenvalue weighted by molar-refractivity contribution is 8.16. The number of aliphatic hydroxyl groups excluding tert-OH is 4. The molecule has 9 N–H and O–H groups in total. The molecule has 0 spiro atoms. The number of amides is 1. The molecule has 0 aromatic rings. The van der Waals surface area contributed by atoms with E-state index in [2.05, 4.69) is 5.32 Å². The van der Waals surface area contributed by atoms with Crippen molar-refractivity contribution in [2.45, 2.75) is 24.2 Å². The van der Waals surface area contributed by atoms with Gasteiger partial charge in [-0.05, 0) is 0 Å². The van der Waals surface area contributed by atoms with Gasteiger partial charge in [0.15, 0.2) is 0 Å². The predicted molar refractivity (Wildman–Crippen MR) is 84.1 cm³/mol. The molecule has 1 aliphatic heterocycles. The molecular formula is C12H23N3O8S. The zero-order valence-electron chi connectivity index (χ0n) is 12.8. The Hall–Kier alpha value is -1.28. The van der Waals surface area contributed by atoms with E-state index in [0.29, 0.717) is 0 Å². The summed E-state index contributed by atoms with van der Waals surface area (Å²) >= 11 is 1.28. The fraction of sp³-hybridized carbons (Fsp3) is 0.750. The molecule has 1 saturated heterocycles. The van der Waals surface area contributed by atoms with Crippen LogP contribution in [0.15, 0.2) is 0 Å². The maximum Gasteiger partial charge on any atom is 0.328 e. The summed E-state index contributed by atoms with van der Waals surface area (Å²) in [6.45, 7) is -1.28. The van der Waals surface area contributed by atoms with Gasteiger partial charge in [0.1, 0.15) is 12.1 Å². The molecule has 1 fully saturated rings. The molecule has 1 heterocycles. The molecule has 0 aromatic heterocycles. The van der Waals surface area contributed by atoms with Crippen LogP contribution < -0.4 is 16.4 Å². The Morgan fingerprint density at radius 2 is 1.88 bits per heavy atom. The van der Waals surface area contributed by atoms with Crippen molar-refractivity contribution >= 4 is 28.8 Å². The second-order valence-electron chi connectivity index (χ2n) is 4.80. The highest BCUT2D eigenvalue weighted by Gasteiger charge is 2.28. The van der Waals surface area contributed by atoms with E-state index < -0.39 is 43.3 Å². The van der Waals surface area contributed by atoms with Gasteiger partial charge in [0, 0.05) is 12.3 Å². The van der Waals surface area contributed by atoms with Crippen molar-refractivity contribution in [3.63, 3.8) is 0 Å². The molecule has 1 aliphatic rings. The SMILES string of the molecule is NC(CO)C(=O)NC(CO)C(=O)O.O=C1SCC1NCC(O)CO. The number of nitrogens with two attached hydrogens (primary N) is 1. The standard InChI is InChI=1S/C6H12N2O5.C6H11NO3S/c7-3(1-9)5(11)8-4(2-10)6(12)13;8-2-4(9)1-7-5-3-11-6(5)10/h3-4,9-10H,1-2,7H2,(H,8,11)(H,12,13);4-5,7-9H,1-3H2. The minimum Gasteiger partial charge on any atom is -0.480 e. The Balaban J connectivity index is 0.000000446. The first-order valence-electron chi connectivity index (χ1n) is 6.96. The Morgan fingerprint density at radius 3 is 2.21 bits per heavy atom. The van der Waals surface area contributed by atoms with Crippen LogP contribution in [-0.2, 0) is 14.4 Å². The van der Waals surface area contributed by atoms with E-state index in [1.54, 1.807) is 0 Å². The van der Waals surface area contributed by atoms with Gasteiger partial charge in [-0.15, -0.1) is 0 Å². The number of carbonyl (C=O) groups excluding carboxylic acids is 2. The minimum absolute atomic E-state index is 0.110. The summed E-state index contributed by atoms with van der Waals surface area (Å²) in [4.78, 5) is 31.9. The van der Waals surface area contributed by atoms with Crippen LogP contribution in [0.3, 0.4) is 0 Å². The molecule has 4 unspecified atom stereocenters. The summed E-state index contributed by atoms with van der Waals surface area (Å²) in [7, 11) is 0. The quantitative estimate of drug-likeness (QED) is 0.194. The van der Waals surface area contributed by atoms with Crippen LogP contribution in [0.1, 0.15) is 0 Å². The summed E-state index contributed by atoms with van der Waals surface area (Å²) in [6, 6.07) is -2.67. The first kappa shape index (κ1) is 22.7. The van der Waals surface area contributed by atoms with Crippen LogP contribution in [0.2, 0.25) is 0 Å². The number of carboxylic acids is 1. The van der Waals surface area contributed by atoms with Crippen molar-refractivity contribution in [3.05, 3.63) is 0 Å². The lowest BCUT2D eigenvalue weighted by atomic mass is 10.2. The second-order valence-corrected chi connectivity index (χ2v) is 5.82. The Bertz CT molecular complexity index is 425. The molecule has 12 heteroatoms. The molecule has 0 aliphatic carbocycles. The van der Waals surface area contributed by atoms with E-state index in [-0.39, 0.29) is 24.3 Å². The van der Waals surface area contributed by atoms with E-state index in [1.807, 2.05) is 5.32 Å². The average molecular weight is 369 g/mol. The van der Waals surface area contributed by atoms with Gasteiger partial charge in [-0.2, -0.15) is 0 Å². The third-order valence-corrected chi connectivity index (χ3v) is 3.89. The fourth-order valence-corrected chi connectivity index (χ4v) is 1.94. The monoisotopic (exact) mass is 369 g/mol. The number of rotatable bonds is 9. The number of thioether (sulfide) groups is 1. The van der Waals surface area contributed by atoms with Gasteiger partial charge in [-0.1, -0.05) is 11.8 Å². The third-order valence-electron chi connectivity index (χ3n) is 2.82. The molecule has 0 aromatic carbocycles. The number of carboxylic acid groups (broad SMARTS) is 1. The number of aliphatic carboxylic acids is 1. The van der Waals surface area contributed by atoms with Crippen molar-refractivity contribution in [1.82, 2.24) is 10.6 Å². The summed E-state index contributed by atoms with van der Waals surface area (Å²) < 4.78 is 0. The van der Waals surface area contributed by atoms with Crippen molar-refractivity contribution in [1.29, 1.82) is 0 Å². The maximum absolute atomic E-state index is 10.9. The lowest BCUT2D eigenvalue weighted by molar-refractivity contribution is -0.143. The number of hydrogen-bond acceptors (Lipinski definition) is 10. The number of nitrogens with one attached hydrogen (secondary N) is 2. The summed E-state index contributed by atoms with van der Waals surface area (Å²) in [5.74, 6) is -1.40. The van der Waals surface area contributed by atoms with Gasteiger partial charge >= 0.3 is 5.97 Å². The average Bonchev–Trinajstić information content (AvgIpc) is 2.57. The van der Waals surface area contributed by atoms with E-state index in [4.69, 9.17) is 31.3 Å². The van der Waals surface area contributed by atoms with Crippen LogP contribution >= 0.6 is 11.8 Å². The highest BCUT2D eigenvalue weighted by Crippen LogP contribution is 2.19. The zero-order valence-corrected chi connectivity index (χ0v) is 13.6. The predicted octanol–water partition coefficient (Wildman–Crippen LogP) is -4.56. The third kappa shape index (κ3) is 8.54. The number of carbonyl (C=O) groups is 3. The van der Waals surface area contributed by atoms with Crippen molar-refractivity contribution in [3.8, 4) is 0 Å². The number of hydrogen-bond donors (Lipinski definition) is 8. The molecule has 140 valence electrons. The van der Waals surface area contributed by atoms with Gasteiger partial charge < -0.3 is 41.9 Å². The molecule has 11 nitrogen and oxygen atoms in total. The largest absolute Gasteiger partial charge is 0.480 e. The van der Waals surface area contributed by atoms with Crippen LogP contribution in [0.5, 0.6) is 0 Å². The molecule has 0 bridgehead atoms. The summed E-state index contributed by atoms with van der Waals surface area (Å²) in [5, 5.41) is 47.5. The lowest BCUT2D eigenvalue weighted by Gasteiger charge is -2.24. The first-order chi connectivity index (χ1) is 11.3. The highest BCUT2D eigenvalue weighted by atomic mass is 32.2. The summed E-state index contributed by atoms with van der Waals surface area (Å²) in [6.07, 6.45) is -0.756. The molecule has 1 amide bonds. The summed E-state index contributed by atoms with van der Waals surface area (Å²) in [5.41, 5.74) is 5.08. The second kappa shape index (κ2) is 12.1. The van der Waals surface area contributed by atoms with E-state index in [0.717, 1.165) is 5.75 Å². The molecule has 0 radical (unpaired) electrons. The van der Waals surface area contributed by atoms with Crippen LogP contribution in [0.25, 0.3) is 0 Å². The van der Waals surface area contributed by atoms with Crippen molar-refractivity contribution < 1.29 is 39.9 Å². The Morgan fingerprint density at radius 1 is 1.25 bits per heavy atom. The van der Waals surface area contributed by atoms with Gasteiger partial charge in [0.2, 0.25) is 11.0 Å². The van der Waals surface area contributed by atoms with E-state index in [9.17, 15) is 14.4 Å². The van der Waals surface area contributed by atoms with Crippen LogP contribution in [0, 0.1) is 0 Å². The molecule has 4 atom stereocenters. The maximum atomic E-state index is 10.9. The number of aliphatic hydroxyl groups is 4. The fourth-order valence-electron chi connectivity index (χ4n) is 1.27. The minimum atomic E-state index is -1.38. The molecule has 1 rings (SSSR count). The van der Waals surface area contributed by atoms with Crippen LogP contribution in [0.4, 0.5) is 0 Å². The van der Waals surface area contributed by atoms with E-state index in [1.165, 1.54) is 11.8 Å². The van der Waals surface area contributed by atoms with E-state index >= 15 is 0 Å². The van der Waals surface area contributed by atoms with Gasteiger partial charge in [0.05, 0.1) is 32.0 Å². The Kier molecular flexibility index (Phi) is 11.5. The Labute approximate surface area is 142 Å². The topological polar surface area (TPSA) is 202 Å². The first-order valence-corrected chi connectivity index (χ1v) is 7.94.